The lowest BCUT2D eigenvalue weighted by Gasteiger charge is -2.44. The number of ether oxygens (including phenoxy) is 1. The molecule has 8 rings (SSSR count). The average Bonchev–Trinajstić information content (AvgIpc) is 3.14. The first-order valence-electron chi connectivity index (χ1n) is 16.9. The molecule has 2 atom stereocenters. The van der Waals surface area contributed by atoms with Crippen molar-refractivity contribution >= 4 is 46.9 Å². The zero-order valence-electron chi connectivity index (χ0n) is 27.5. The van der Waals surface area contributed by atoms with E-state index < -0.39 is 17.8 Å². The fraction of sp³-hybridized carbons (Fsp3) is 0.167. The van der Waals surface area contributed by atoms with Crippen LogP contribution in [0.2, 0.25) is 5.02 Å². The number of hydrogen-bond donors (Lipinski definition) is 1. The molecule has 1 N–H and O–H groups in total. The molecule has 3 aliphatic rings. The van der Waals surface area contributed by atoms with Gasteiger partial charge in [0.25, 0.3) is 11.8 Å². The van der Waals surface area contributed by atoms with Gasteiger partial charge in [-0.2, -0.15) is 0 Å². The maximum absolute atomic E-state index is 14.2. The van der Waals surface area contributed by atoms with E-state index in [-0.39, 0.29) is 34.9 Å². The van der Waals surface area contributed by atoms with Crippen molar-refractivity contribution in [2.75, 3.05) is 22.9 Å². The van der Waals surface area contributed by atoms with E-state index in [1.54, 1.807) is 30.3 Å². The molecular formula is C42H33ClFN3O4. The molecule has 51 heavy (non-hydrogen) atoms. The van der Waals surface area contributed by atoms with Crippen molar-refractivity contribution in [3.63, 3.8) is 0 Å². The first kappa shape index (κ1) is 32.5. The predicted molar refractivity (Wildman–Crippen MR) is 196 cm³/mol. The molecule has 7 nitrogen and oxygen atoms in total. The minimum atomic E-state index is -0.798. The van der Waals surface area contributed by atoms with E-state index in [1.165, 1.54) is 29.3 Å². The van der Waals surface area contributed by atoms with Gasteiger partial charge >= 0.3 is 6.03 Å². The second-order valence-corrected chi connectivity index (χ2v) is 13.4. The Balaban J connectivity index is 1.16. The largest absolute Gasteiger partial charge is 0.487 e. The smallest absolute Gasteiger partial charge is 0.335 e. The number of urea groups is 1. The van der Waals surface area contributed by atoms with Crippen molar-refractivity contribution < 1.29 is 23.5 Å². The minimum absolute atomic E-state index is 0.0659. The Labute approximate surface area is 299 Å². The van der Waals surface area contributed by atoms with Crippen LogP contribution in [0.25, 0.3) is 6.08 Å². The summed E-state index contributed by atoms with van der Waals surface area (Å²) in [5.41, 5.74) is 7.09. The maximum atomic E-state index is 14.2. The van der Waals surface area contributed by atoms with Gasteiger partial charge in [-0.15, -0.1) is 0 Å². The van der Waals surface area contributed by atoms with Crippen molar-refractivity contribution in [3.8, 4) is 5.75 Å². The Kier molecular flexibility index (Phi) is 8.61. The molecule has 0 bridgehead atoms. The number of halogens is 2. The fourth-order valence-corrected chi connectivity index (χ4v) is 7.74. The van der Waals surface area contributed by atoms with Gasteiger partial charge in [0.15, 0.2) is 0 Å². The van der Waals surface area contributed by atoms with Gasteiger partial charge in [0.05, 0.1) is 10.7 Å². The molecule has 0 unspecified atom stereocenters. The number of rotatable bonds is 7. The molecule has 9 heteroatoms. The fourth-order valence-electron chi connectivity index (χ4n) is 7.49. The zero-order chi connectivity index (χ0) is 35.1. The summed E-state index contributed by atoms with van der Waals surface area (Å²) in [6.45, 7) is 1.99. The third-order valence-electron chi connectivity index (χ3n) is 9.93. The second-order valence-electron chi connectivity index (χ2n) is 13.0. The Morgan fingerprint density at radius 2 is 1.39 bits per heavy atom. The molecule has 0 aliphatic carbocycles. The Morgan fingerprint density at radius 3 is 1.98 bits per heavy atom. The first-order valence-corrected chi connectivity index (χ1v) is 17.3. The minimum Gasteiger partial charge on any atom is -0.487 e. The number of benzene rings is 5. The molecule has 5 aromatic carbocycles. The number of carbonyl (C=O) groups excluding carboxylic acids is 3. The summed E-state index contributed by atoms with van der Waals surface area (Å²) < 4.78 is 19.1. The lowest BCUT2D eigenvalue weighted by Crippen LogP contribution is -2.54. The quantitative estimate of drug-likeness (QED) is 0.136. The third-order valence-corrected chi connectivity index (χ3v) is 10.2. The van der Waals surface area contributed by atoms with Crippen molar-refractivity contribution in [1.82, 2.24) is 5.32 Å². The number of imide groups is 2. The molecule has 0 radical (unpaired) electrons. The summed E-state index contributed by atoms with van der Waals surface area (Å²) in [5.74, 6) is -1.33. The van der Waals surface area contributed by atoms with Crippen molar-refractivity contribution in [1.29, 1.82) is 0 Å². The van der Waals surface area contributed by atoms with Crippen molar-refractivity contribution in [3.05, 3.63) is 165 Å². The number of anilines is 2. The predicted octanol–water partition coefficient (Wildman–Crippen LogP) is 8.60. The van der Waals surface area contributed by atoms with Gasteiger partial charge in [-0.25, -0.2) is 14.1 Å². The molecule has 0 spiro atoms. The van der Waals surface area contributed by atoms with Crippen LogP contribution in [0.15, 0.2) is 121 Å². The van der Waals surface area contributed by atoms with Gasteiger partial charge < -0.3 is 9.64 Å². The van der Waals surface area contributed by atoms with Crippen molar-refractivity contribution in [2.45, 2.75) is 31.3 Å². The number of nitrogens with zero attached hydrogens (tertiary/aromatic N) is 2. The average molecular weight is 698 g/mol. The number of hydrogen-bond acceptors (Lipinski definition) is 5. The highest BCUT2D eigenvalue weighted by atomic mass is 35.5. The molecule has 1 saturated heterocycles. The van der Waals surface area contributed by atoms with E-state index in [0.717, 1.165) is 53.2 Å². The maximum Gasteiger partial charge on any atom is 0.335 e. The number of carbonyl (C=O) groups is 3. The van der Waals surface area contributed by atoms with Crippen LogP contribution in [-0.4, -0.2) is 30.9 Å². The van der Waals surface area contributed by atoms with Crippen LogP contribution < -0.4 is 19.9 Å². The van der Waals surface area contributed by atoms with Gasteiger partial charge in [0.1, 0.15) is 23.7 Å². The second kappa shape index (κ2) is 13.5. The summed E-state index contributed by atoms with van der Waals surface area (Å²) in [6.07, 6.45) is 3.21. The van der Waals surface area contributed by atoms with E-state index in [1.807, 2.05) is 48.5 Å². The van der Waals surface area contributed by atoms with Crippen LogP contribution in [0.4, 0.5) is 20.6 Å². The lowest BCUT2D eigenvalue weighted by atomic mass is 9.76. The molecule has 254 valence electrons. The summed E-state index contributed by atoms with van der Waals surface area (Å²) in [6, 6.07) is 34.6. The third kappa shape index (κ3) is 6.28. The van der Waals surface area contributed by atoms with Gasteiger partial charge in [0, 0.05) is 30.6 Å². The van der Waals surface area contributed by atoms with Gasteiger partial charge in [-0.1, -0.05) is 90.5 Å². The highest BCUT2D eigenvalue weighted by molar-refractivity contribution is 6.39. The monoisotopic (exact) mass is 697 g/mol. The summed E-state index contributed by atoms with van der Waals surface area (Å²) in [5, 5.41) is 2.65. The van der Waals surface area contributed by atoms with Crippen LogP contribution in [0.3, 0.4) is 0 Å². The van der Waals surface area contributed by atoms with E-state index in [4.69, 9.17) is 16.3 Å². The summed E-state index contributed by atoms with van der Waals surface area (Å²) in [4.78, 5) is 44.4. The SMILES string of the molecule is O=C1NC(=O)N(c2cc3c4c(c2)[C@H](c2ccccc2)CCN4CC[C@H]3c2ccccc2)C(=O)/C1=C/c1ccc(OCc2ccc(F)cc2)c(Cl)c1. The van der Waals surface area contributed by atoms with E-state index in [0.29, 0.717) is 17.0 Å². The van der Waals surface area contributed by atoms with Crippen LogP contribution in [-0.2, 0) is 16.2 Å². The molecule has 4 amide bonds. The van der Waals surface area contributed by atoms with Crippen molar-refractivity contribution in [2.24, 2.45) is 0 Å². The van der Waals surface area contributed by atoms with E-state index >= 15 is 0 Å². The molecule has 5 aromatic rings. The number of nitrogens with one attached hydrogen (secondary N) is 1. The highest BCUT2D eigenvalue weighted by Crippen LogP contribution is 2.50. The topological polar surface area (TPSA) is 79.0 Å². The van der Waals surface area contributed by atoms with Gasteiger partial charge in [-0.05, 0) is 88.7 Å². The van der Waals surface area contributed by atoms with Crippen LogP contribution >= 0.6 is 11.6 Å². The molecule has 1 fully saturated rings. The zero-order valence-corrected chi connectivity index (χ0v) is 28.3. The van der Waals surface area contributed by atoms with E-state index in [9.17, 15) is 18.8 Å². The number of barbiturate groups is 1. The van der Waals surface area contributed by atoms with Gasteiger partial charge in [-0.3, -0.25) is 14.9 Å². The van der Waals surface area contributed by atoms with Gasteiger partial charge in [0.2, 0.25) is 0 Å². The normalized spacial score (nSPS) is 19.2. The standard InChI is InChI=1S/C42H33ClFN3O4/c43-37-22-27(13-16-38(37)51-25-26-11-14-30(44)15-12-26)21-36-40(48)45-42(50)47(41(36)49)31-23-34-32(28-7-3-1-4-8-28)17-19-46-20-18-33(35(24-31)39(34)46)29-9-5-2-6-10-29/h1-16,21-24,32-33H,17-20,25H2,(H,45,48,50)/b36-21+/t32-,33-/m0/s1. The Bertz CT molecular complexity index is 2120. The van der Waals surface area contributed by atoms with Crippen LogP contribution in [0.5, 0.6) is 5.75 Å². The van der Waals surface area contributed by atoms with Crippen LogP contribution in [0.1, 0.15) is 58.1 Å². The van der Waals surface area contributed by atoms with Crippen LogP contribution in [0, 0.1) is 5.82 Å². The molecule has 3 aliphatic heterocycles. The Hall–Kier alpha value is -5.73. The van der Waals surface area contributed by atoms with E-state index in [2.05, 4.69) is 34.5 Å². The lowest BCUT2D eigenvalue weighted by molar-refractivity contribution is -0.122. The molecule has 0 aromatic heterocycles. The summed E-state index contributed by atoms with van der Waals surface area (Å²) in [7, 11) is 0. The highest BCUT2D eigenvalue weighted by Gasteiger charge is 2.40. The molecule has 3 heterocycles. The first-order chi connectivity index (χ1) is 24.8. The Morgan fingerprint density at radius 1 is 0.784 bits per heavy atom. The summed E-state index contributed by atoms with van der Waals surface area (Å²) >= 11 is 6.54. The molecular weight excluding hydrogens is 665 g/mol. The number of amides is 4. The molecule has 0 saturated carbocycles.